The standard InChI is InChI=1S/C27H28N4O2S/c28-22-10-7-20(24-2-1-13-34-24)14-23(22)29-26(33)19-5-3-18(4-6-19)15-31-25(32)11-12-27(31)16-30(17-27)21-8-9-21/h1-7,10,13-14,21H,8-9,11-12,15-17,28H2,(H,29,33). The van der Waals surface area contributed by atoms with E-state index in [0.29, 0.717) is 29.9 Å². The Morgan fingerprint density at radius 3 is 2.62 bits per heavy atom. The van der Waals surface area contributed by atoms with E-state index < -0.39 is 0 Å². The third-order valence-corrected chi connectivity index (χ3v) is 8.32. The van der Waals surface area contributed by atoms with Crippen LogP contribution in [0.15, 0.2) is 60.0 Å². The van der Waals surface area contributed by atoms with Gasteiger partial charge in [-0.05, 0) is 66.1 Å². The zero-order valence-corrected chi connectivity index (χ0v) is 19.8. The molecule has 1 aromatic heterocycles. The minimum Gasteiger partial charge on any atom is -0.397 e. The summed E-state index contributed by atoms with van der Waals surface area (Å²) < 4.78 is 0. The van der Waals surface area contributed by atoms with Gasteiger partial charge in [0.2, 0.25) is 5.91 Å². The van der Waals surface area contributed by atoms with E-state index in [0.717, 1.165) is 41.6 Å². The monoisotopic (exact) mass is 472 g/mol. The Kier molecular flexibility index (Phi) is 5.19. The fourth-order valence-corrected chi connectivity index (χ4v) is 5.99. The first kappa shape index (κ1) is 21.4. The number of rotatable bonds is 6. The molecule has 6 rings (SSSR count). The first-order chi connectivity index (χ1) is 16.5. The number of likely N-dealkylation sites (tertiary alicyclic amines) is 2. The van der Waals surface area contributed by atoms with Crippen molar-refractivity contribution in [1.29, 1.82) is 0 Å². The van der Waals surface area contributed by atoms with Crippen molar-refractivity contribution in [3.63, 3.8) is 0 Å². The molecule has 7 heteroatoms. The fourth-order valence-electron chi connectivity index (χ4n) is 5.27. The van der Waals surface area contributed by atoms with Crippen LogP contribution in [0.3, 0.4) is 0 Å². The highest BCUT2D eigenvalue weighted by atomic mass is 32.1. The molecule has 0 atom stereocenters. The third-order valence-electron chi connectivity index (χ3n) is 7.40. The van der Waals surface area contributed by atoms with Gasteiger partial charge in [-0.3, -0.25) is 14.5 Å². The molecule has 3 aliphatic rings. The number of nitrogens with one attached hydrogen (secondary N) is 1. The van der Waals surface area contributed by atoms with Crippen molar-refractivity contribution < 1.29 is 9.59 Å². The number of nitrogen functional groups attached to an aromatic ring is 1. The maximum atomic E-state index is 12.9. The van der Waals surface area contributed by atoms with E-state index >= 15 is 0 Å². The van der Waals surface area contributed by atoms with Gasteiger partial charge in [-0.25, -0.2) is 0 Å². The van der Waals surface area contributed by atoms with Crippen molar-refractivity contribution in [2.75, 3.05) is 24.1 Å². The molecule has 1 spiro atoms. The molecular formula is C27H28N4O2S. The SMILES string of the molecule is Nc1ccc(-c2cccs2)cc1NC(=O)c1ccc(CN2C(=O)CCC23CN(C2CC2)C3)cc1. The molecular weight excluding hydrogens is 444 g/mol. The summed E-state index contributed by atoms with van der Waals surface area (Å²) in [6, 6.07) is 18.1. The minimum atomic E-state index is -0.200. The molecule has 2 aromatic carbocycles. The van der Waals surface area contributed by atoms with E-state index in [1.807, 2.05) is 60.0 Å². The average Bonchev–Trinajstić information content (AvgIpc) is 3.39. The van der Waals surface area contributed by atoms with Crippen LogP contribution in [0.2, 0.25) is 0 Å². The summed E-state index contributed by atoms with van der Waals surface area (Å²) in [5, 5.41) is 4.98. The topological polar surface area (TPSA) is 78.7 Å². The number of benzene rings is 2. The molecule has 0 radical (unpaired) electrons. The summed E-state index contributed by atoms with van der Waals surface area (Å²) in [5.41, 5.74) is 9.91. The molecule has 0 unspecified atom stereocenters. The predicted octanol–water partition coefficient (Wildman–Crippen LogP) is 4.59. The van der Waals surface area contributed by atoms with Crippen molar-refractivity contribution in [1.82, 2.24) is 9.80 Å². The van der Waals surface area contributed by atoms with E-state index in [-0.39, 0.29) is 17.4 Å². The second-order valence-corrected chi connectivity index (χ2v) is 10.7. The Labute approximate surface area is 203 Å². The van der Waals surface area contributed by atoms with Crippen LogP contribution in [-0.4, -0.2) is 46.3 Å². The lowest BCUT2D eigenvalue weighted by Crippen LogP contribution is -2.68. The lowest BCUT2D eigenvalue weighted by molar-refractivity contribution is -0.138. The Bertz CT molecular complexity index is 1230. The van der Waals surface area contributed by atoms with E-state index in [1.165, 1.54) is 12.8 Å². The van der Waals surface area contributed by atoms with Crippen LogP contribution >= 0.6 is 11.3 Å². The second kappa shape index (κ2) is 8.25. The normalized spacial score (nSPS) is 19.4. The highest BCUT2D eigenvalue weighted by molar-refractivity contribution is 7.13. The van der Waals surface area contributed by atoms with Gasteiger partial charge in [0, 0.05) is 42.5 Å². The molecule has 0 bridgehead atoms. The van der Waals surface area contributed by atoms with Gasteiger partial charge < -0.3 is 16.0 Å². The van der Waals surface area contributed by atoms with Crippen LogP contribution in [0.4, 0.5) is 11.4 Å². The van der Waals surface area contributed by atoms with Crippen molar-refractivity contribution in [2.45, 2.75) is 43.8 Å². The summed E-state index contributed by atoms with van der Waals surface area (Å²) in [6.07, 6.45) is 4.21. The number of thiophene rings is 1. The summed E-state index contributed by atoms with van der Waals surface area (Å²) in [5.74, 6) is 0.0488. The summed E-state index contributed by atoms with van der Waals surface area (Å²) >= 11 is 1.65. The number of nitrogens with two attached hydrogens (primary N) is 1. The molecule has 1 aliphatic carbocycles. The Hall–Kier alpha value is -3.16. The average molecular weight is 473 g/mol. The summed E-state index contributed by atoms with van der Waals surface area (Å²) in [4.78, 5) is 31.3. The van der Waals surface area contributed by atoms with E-state index in [1.54, 1.807) is 11.3 Å². The molecule has 1 saturated carbocycles. The molecule has 6 nitrogen and oxygen atoms in total. The number of hydrogen-bond acceptors (Lipinski definition) is 5. The molecule has 3 N–H and O–H groups in total. The van der Waals surface area contributed by atoms with E-state index in [2.05, 4.69) is 15.1 Å². The summed E-state index contributed by atoms with van der Waals surface area (Å²) in [6.45, 7) is 2.63. The smallest absolute Gasteiger partial charge is 0.255 e. The van der Waals surface area contributed by atoms with Gasteiger partial charge in [-0.1, -0.05) is 24.3 Å². The van der Waals surface area contributed by atoms with E-state index in [4.69, 9.17) is 5.73 Å². The van der Waals surface area contributed by atoms with Crippen LogP contribution in [-0.2, 0) is 11.3 Å². The van der Waals surface area contributed by atoms with Crippen molar-refractivity contribution in [3.05, 3.63) is 71.1 Å². The van der Waals surface area contributed by atoms with Crippen LogP contribution in [0.5, 0.6) is 0 Å². The van der Waals surface area contributed by atoms with Gasteiger partial charge in [0.15, 0.2) is 0 Å². The zero-order chi connectivity index (χ0) is 23.3. The predicted molar refractivity (Wildman–Crippen MR) is 136 cm³/mol. The highest BCUT2D eigenvalue weighted by Crippen LogP contribution is 2.44. The minimum absolute atomic E-state index is 0.0147. The maximum Gasteiger partial charge on any atom is 0.255 e. The molecule has 3 aromatic rings. The van der Waals surface area contributed by atoms with Crippen molar-refractivity contribution in [2.24, 2.45) is 0 Å². The van der Waals surface area contributed by atoms with Gasteiger partial charge in [-0.2, -0.15) is 0 Å². The molecule has 174 valence electrons. The molecule has 2 saturated heterocycles. The summed E-state index contributed by atoms with van der Waals surface area (Å²) in [7, 11) is 0. The van der Waals surface area contributed by atoms with Gasteiger partial charge in [0.05, 0.1) is 16.9 Å². The number of nitrogens with zero attached hydrogens (tertiary/aromatic N) is 2. The Morgan fingerprint density at radius 1 is 1.12 bits per heavy atom. The van der Waals surface area contributed by atoms with Crippen LogP contribution < -0.4 is 11.1 Å². The Balaban J connectivity index is 1.13. The first-order valence-electron chi connectivity index (χ1n) is 11.9. The van der Waals surface area contributed by atoms with Gasteiger partial charge in [-0.15, -0.1) is 11.3 Å². The largest absolute Gasteiger partial charge is 0.397 e. The molecule has 2 amide bonds. The fraction of sp³-hybridized carbons (Fsp3) is 0.333. The number of carbonyl (C=O) groups excluding carboxylic acids is 2. The second-order valence-electron chi connectivity index (χ2n) is 9.77. The maximum absolute atomic E-state index is 12.9. The Morgan fingerprint density at radius 2 is 1.91 bits per heavy atom. The van der Waals surface area contributed by atoms with Gasteiger partial charge >= 0.3 is 0 Å². The zero-order valence-electron chi connectivity index (χ0n) is 19.0. The molecule has 2 aliphatic heterocycles. The van der Waals surface area contributed by atoms with Crippen LogP contribution in [0, 0.1) is 0 Å². The number of amides is 2. The van der Waals surface area contributed by atoms with Gasteiger partial charge in [0.25, 0.3) is 5.91 Å². The van der Waals surface area contributed by atoms with Crippen molar-refractivity contribution in [3.8, 4) is 10.4 Å². The van der Waals surface area contributed by atoms with Crippen LogP contribution in [0.25, 0.3) is 10.4 Å². The van der Waals surface area contributed by atoms with E-state index in [9.17, 15) is 9.59 Å². The molecule has 3 fully saturated rings. The van der Waals surface area contributed by atoms with Crippen LogP contribution in [0.1, 0.15) is 41.6 Å². The van der Waals surface area contributed by atoms with Gasteiger partial charge in [0.1, 0.15) is 0 Å². The molecule has 3 heterocycles. The lowest BCUT2D eigenvalue weighted by atomic mass is 9.86. The quantitative estimate of drug-likeness (QED) is 0.515. The number of carbonyl (C=O) groups is 2. The first-order valence-corrected chi connectivity index (χ1v) is 12.8. The lowest BCUT2D eigenvalue weighted by Gasteiger charge is -2.53. The number of hydrogen-bond donors (Lipinski definition) is 2. The molecule has 34 heavy (non-hydrogen) atoms. The van der Waals surface area contributed by atoms with Crippen molar-refractivity contribution >= 4 is 34.5 Å². The third kappa shape index (κ3) is 3.89. The number of anilines is 2. The highest BCUT2D eigenvalue weighted by Gasteiger charge is 2.55.